The highest BCUT2D eigenvalue weighted by Gasteiger charge is 2.43. The number of ketones is 1. The number of aryl methyl sites for hydroxylation is 1. The number of rotatable bonds is 2. The van der Waals surface area contributed by atoms with Gasteiger partial charge in [-0.25, -0.2) is 4.98 Å². The van der Waals surface area contributed by atoms with Crippen molar-refractivity contribution in [3.8, 4) is 5.82 Å². The first kappa shape index (κ1) is 20.3. The van der Waals surface area contributed by atoms with Crippen molar-refractivity contribution in [3.63, 3.8) is 0 Å². The van der Waals surface area contributed by atoms with Crippen molar-refractivity contribution in [2.75, 3.05) is 5.32 Å². The highest BCUT2D eigenvalue weighted by Crippen LogP contribution is 2.51. The van der Waals surface area contributed by atoms with Gasteiger partial charge in [-0.3, -0.25) is 4.79 Å². The van der Waals surface area contributed by atoms with Crippen LogP contribution in [0.4, 0.5) is 5.82 Å². The molecule has 0 amide bonds. The summed E-state index contributed by atoms with van der Waals surface area (Å²) in [4.78, 5) is 17.9. The summed E-state index contributed by atoms with van der Waals surface area (Å²) in [6.07, 6.45) is 2.99. The third kappa shape index (κ3) is 3.27. The second kappa shape index (κ2) is 7.21. The second-order valence-electron chi connectivity index (χ2n) is 8.98. The molecule has 5 rings (SSSR count). The van der Waals surface area contributed by atoms with E-state index in [1.807, 2.05) is 41.9 Å². The fourth-order valence-corrected chi connectivity index (χ4v) is 5.19. The normalized spacial score (nSPS) is 19.6. The van der Waals surface area contributed by atoms with E-state index < -0.39 is 0 Å². The van der Waals surface area contributed by atoms with Gasteiger partial charge in [0.05, 0.1) is 15.7 Å². The average Bonchev–Trinajstić information content (AvgIpc) is 3.05. The molecule has 1 N–H and O–H groups in total. The first-order valence-corrected chi connectivity index (χ1v) is 11.0. The highest BCUT2D eigenvalue weighted by molar-refractivity contribution is 6.42. The zero-order valence-electron chi connectivity index (χ0n) is 17.5. The molecule has 158 valence electrons. The molecule has 7 heteroatoms. The quantitative estimate of drug-likeness (QED) is 0.511. The molecule has 2 aromatic heterocycles. The van der Waals surface area contributed by atoms with E-state index in [0.29, 0.717) is 22.3 Å². The van der Waals surface area contributed by atoms with Crippen LogP contribution < -0.4 is 5.32 Å². The maximum absolute atomic E-state index is 13.4. The van der Waals surface area contributed by atoms with Crippen LogP contribution in [0.1, 0.15) is 49.4 Å². The van der Waals surface area contributed by atoms with E-state index in [4.69, 9.17) is 28.3 Å². The SMILES string of the molecule is Cc1nn(-c2ccccn2)c2c1[C@H](c1cccc(Cl)c1Cl)C1=C(CC(C)(C)CC1=O)N2. The molecule has 5 nitrogen and oxygen atoms in total. The maximum Gasteiger partial charge on any atom is 0.162 e. The largest absolute Gasteiger partial charge is 0.343 e. The zero-order chi connectivity index (χ0) is 21.9. The molecule has 2 aliphatic rings. The molecule has 1 atom stereocenters. The summed E-state index contributed by atoms with van der Waals surface area (Å²) < 4.78 is 1.81. The van der Waals surface area contributed by atoms with Crippen LogP contribution in [0.25, 0.3) is 5.82 Å². The van der Waals surface area contributed by atoms with E-state index in [1.165, 1.54) is 0 Å². The number of anilines is 1. The molecule has 0 saturated heterocycles. The Balaban J connectivity index is 1.80. The van der Waals surface area contributed by atoms with Crippen molar-refractivity contribution >= 4 is 34.8 Å². The van der Waals surface area contributed by atoms with E-state index >= 15 is 0 Å². The third-order valence-corrected chi connectivity index (χ3v) is 6.87. The Bertz CT molecular complexity index is 1240. The van der Waals surface area contributed by atoms with E-state index in [1.54, 1.807) is 12.3 Å². The van der Waals surface area contributed by atoms with Gasteiger partial charge in [-0.15, -0.1) is 0 Å². The number of nitrogens with zero attached hydrogens (tertiary/aromatic N) is 3. The number of halogens is 2. The van der Waals surface area contributed by atoms with Crippen molar-refractivity contribution in [2.24, 2.45) is 5.41 Å². The van der Waals surface area contributed by atoms with Gasteiger partial charge in [0.15, 0.2) is 11.6 Å². The fourth-order valence-electron chi connectivity index (χ4n) is 4.77. The van der Waals surface area contributed by atoms with Crippen LogP contribution in [0.15, 0.2) is 53.9 Å². The number of nitrogens with one attached hydrogen (secondary N) is 1. The van der Waals surface area contributed by atoms with Gasteiger partial charge in [-0.2, -0.15) is 9.78 Å². The molecule has 0 radical (unpaired) electrons. The van der Waals surface area contributed by atoms with Gasteiger partial charge in [-0.05, 0) is 42.5 Å². The molecular weight excluding hydrogens is 431 g/mol. The van der Waals surface area contributed by atoms with E-state index in [0.717, 1.165) is 40.3 Å². The van der Waals surface area contributed by atoms with Gasteiger partial charge in [0.1, 0.15) is 5.82 Å². The maximum atomic E-state index is 13.4. The standard InChI is InChI=1S/C24H22Cl2N4O/c1-13-19-20(14-7-6-8-15(25)22(14)26)21-16(11-24(2,3)12-17(21)31)28-23(19)30(29-13)18-9-4-5-10-27-18/h4-10,20,28H,11-12H2,1-3H3/t20-/m0/s1. The summed E-state index contributed by atoms with van der Waals surface area (Å²) in [6, 6.07) is 11.3. The number of fused-ring (bicyclic) bond motifs is 1. The molecule has 0 saturated carbocycles. The number of aromatic nitrogens is 3. The zero-order valence-corrected chi connectivity index (χ0v) is 19.1. The lowest BCUT2D eigenvalue weighted by Crippen LogP contribution is -2.34. The molecule has 0 fully saturated rings. The third-order valence-electron chi connectivity index (χ3n) is 6.03. The summed E-state index contributed by atoms with van der Waals surface area (Å²) in [5.41, 5.74) is 4.13. The van der Waals surface area contributed by atoms with E-state index in [-0.39, 0.29) is 17.1 Å². The van der Waals surface area contributed by atoms with Gasteiger partial charge in [0.25, 0.3) is 0 Å². The number of allylic oxidation sites excluding steroid dienone is 2. The van der Waals surface area contributed by atoms with Gasteiger partial charge >= 0.3 is 0 Å². The fraction of sp³-hybridized carbons (Fsp3) is 0.292. The number of benzene rings is 1. The van der Waals surface area contributed by atoms with Crippen LogP contribution in [-0.4, -0.2) is 20.5 Å². The average molecular weight is 453 g/mol. The molecular formula is C24H22Cl2N4O. The number of hydrogen-bond acceptors (Lipinski definition) is 4. The van der Waals surface area contributed by atoms with Crippen molar-refractivity contribution in [1.29, 1.82) is 0 Å². The summed E-state index contributed by atoms with van der Waals surface area (Å²) in [6.45, 7) is 6.19. The second-order valence-corrected chi connectivity index (χ2v) is 9.77. The van der Waals surface area contributed by atoms with E-state index in [2.05, 4.69) is 24.1 Å². The lowest BCUT2D eigenvalue weighted by Gasteiger charge is -2.39. The highest BCUT2D eigenvalue weighted by atomic mass is 35.5. The van der Waals surface area contributed by atoms with Crippen LogP contribution in [0.3, 0.4) is 0 Å². The van der Waals surface area contributed by atoms with Crippen molar-refractivity contribution in [3.05, 3.63) is 80.7 Å². The molecule has 31 heavy (non-hydrogen) atoms. The Morgan fingerprint density at radius 1 is 1.13 bits per heavy atom. The van der Waals surface area contributed by atoms with Crippen molar-refractivity contribution in [1.82, 2.24) is 14.8 Å². The Labute approximate surface area is 191 Å². The predicted molar refractivity (Wildman–Crippen MR) is 123 cm³/mol. The molecule has 3 heterocycles. The van der Waals surface area contributed by atoms with Crippen LogP contribution in [0, 0.1) is 12.3 Å². The molecule has 0 unspecified atom stereocenters. The molecule has 0 bridgehead atoms. The van der Waals surface area contributed by atoms with Gasteiger partial charge in [0, 0.05) is 35.4 Å². The molecule has 1 aromatic carbocycles. The van der Waals surface area contributed by atoms with Crippen molar-refractivity contribution < 1.29 is 4.79 Å². The molecule has 3 aromatic rings. The molecule has 0 spiro atoms. The topological polar surface area (TPSA) is 59.8 Å². The van der Waals surface area contributed by atoms with Crippen LogP contribution in [0.2, 0.25) is 10.0 Å². The Morgan fingerprint density at radius 3 is 2.68 bits per heavy atom. The minimum absolute atomic E-state index is 0.131. The van der Waals surface area contributed by atoms with Crippen LogP contribution >= 0.6 is 23.2 Å². The summed E-state index contributed by atoms with van der Waals surface area (Å²) in [5, 5.41) is 9.28. The Hall–Kier alpha value is -2.63. The lowest BCUT2D eigenvalue weighted by atomic mass is 9.69. The van der Waals surface area contributed by atoms with Gasteiger partial charge in [-0.1, -0.05) is 55.2 Å². The predicted octanol–water partition coefficient (Wildman–Crippen LogP) is 6.08. The number of carbonyl (C=O) groups is 1. The van der Waals surface area contributed by atoms with Crippen molar-refractivity contribution in [2.45, 2.75) is 39.5 Å². The summed E-state index contributed by atoms with van der Waals surface area (Å²) in [5.74, 6) is 1.33. The first-order chi connectivity index (χ1) is 14.8. The minimum atomic E-state index is -0.335. The molecule has 1 aliphatic carbocycles. The monoisotopic (exact) mass is 452 g/mol. The van der Waals surface area contributed by atoms with Gasteiger partial charge in [0.2, 0.25) is 0 Å². The summed E-state index contributed by atoms with van der Waals surface area (Å²) in [7, 11) is 0. The number of Topliss-reactive ketones (excluding diaryl/α,β-unsaturated/α-hetero) is 1. The Morgan fingerprint density at radius 2 is 1.94 bits per heavy atom. The van der Waals surface area contributed by atoms with Crippen LogP contribution in [-0.2, 0) is 4.79 Å². The molecule has 1 aliphatic heterocycles. The van der Waals surface area contributed by atoms with E-state index in [9.17, 15) is 4.79 Å². The minimum Gasteiger partial charge on any atom is -0.343 e. The van der Waals surface area contributed by atoms with Gasteiger partial charge < -0.3 is 5.32 Å². The van der Waals surface area contributed by atoms with Crippen LogP contribution in [0.5, 0.6) is 0 Å². The Kier molecular flexibility index (Phi) is 4.72. The summed E-state index contributed by atoms with van der Waals surface area (Å²) >= 11 is 13.1. The number of hydrogen-bond donors (Lipinski definition) is 1. The smallest absolute Gasteiger partial charge is 0.162 e. The number of carbonyl (C=O) groups excluding carboxylic acids is 1. The first-order valence-electron chi connectivity index (χ1n) is 10.2. The number of pyridine rings is 1. The lowest BCUT2D eigenvalue weighted by molar-refractivity contribution is -0.118.